The summed E-state index contributed by atoms with van der Waals surface area (Å²) >= 11 is 5.30. The molecule has 0 saturated heterocycles. The van der Waals surface area contributed by atoms with E-state index in [0.29, 0.717) is 18.3 Å². The fraction of sp³-hybridized carbons (Fsp3) is 0.119. The number of ether oxygens (including phenoxy) is 2. The van der Waals surface area contributed by atoms with E-state index < -0.39 is 7.26 Å². The van der Waals surface area contributed by atoms with E-state index in [2.05, 4.69) is 132 Å². The zero-order valence-electron chi connectivity index (χ0n) is 27.5. The number of benzene rings is 6. The highest BCUT2D eigenvalue weighted by atomic mass is 32.1. The van der Waals surface area contributed by atoms with Gasteiger partial charge in [0.15, 0.2) is 5.11 Å². The highest BCUT2D eigenvalue weighted by molar-refractivity contribution is 7.95. The Labute approximate surface area is 291 Å². The summed E-state index contributed by atoms with van der Waals surface area (Å²) in [5.74, 6) is 1.69. The summed E-state index contributed by atoms with van der Waals surface area (Å²) < 4.78 is 10.8. The number of nitrogens with one attached hydrogen (secondary N) is 2. The molecule has 0 spiro atoms. The first-order chi connectivity index (χ1) is 23.6. The van der Waals surface area contributed by atoms with Crippen LogP contribution in [0.4, 0.5) is 11.4 Å². The molecule has 0 aliphatic heterocycles. The molecule has 6 aromatic rings. The van der Waals surface area contributed by atoms with Gasteiger partial charge in [0, 0.05) is 11.4 Å². The monoisotopic (exact) mass is 669 g/mol. The summed E-state index contributed by atoms with van der Waals surface area (Å²) in [5, 5.41) is 11.1. The molecule has 2 N–H and O–H groups in total. The van der Waals surface area contributed by atoms with Gasteiger partial charge in [-0.05, 0) is 117 Å². The number of hydrogen-bond donors (Lipinski definition) is 2. The van der Waals surface area contributed by atoms with Gasteiger partial charge in [-0.15, -0.1) is 0 Å². The number of thiocarbonyl (C=S) groups is 1. The van der Waals surface area contributed by atoms with Gasteiger partial charge < -0.3 is 20.1 Å². The average molecular weight is 670 g/mol. The Balaban J connectivity index is 0.000000191. The van der Waals surface area contributed by atoms with Gasteiger partial charge in [-0.3, -0.25) is 0 Å². The third-order valence-electron chi connectivity index (χ3n) is 7.70. The molecule has 6 heteroatoms. The minimum Gasteiger partial charge on any atom is -0.494 e. The molecule has 0 bridgehead atoms. The molecule has 6 aromatic carbocycles. The van der Waals surface area contributed by atoms with Gasteiger partial charge in [-0.25, -0.2) is 0 Å². The smallest absolute Gasteiger partial charge is 0.175 e. The largest absolute Gasteiger partial charge is 0.494 e. The lowest BCUT2D eigenvalue weighted by Crippen LogP contribution is -2.32. The summed E-state index contributed by atoms with van der Waals surface area (Å²) in [6.45, 7) is 5.24. The second-order valence-corrected chi connectivity index (χ2v) is 14.8. The molecule has 0 aliphatic rings. The van der Waals surface area contributed by atoms with Crippen LogP contribution in [0.1, 0.15) is 19.4 Å². The molecule has 0 fully saturated rings. The summed E-state index contributed by atoms with van der Waals surface area (Å²) in [5.41, 5.74) is 3.20. The fourth-order valence-corrected chi connectivity index (χ4v) is 10.0. The first kappa shape index (κ1) is 34.4. The molecular weight excluding hydrogens is 628 g/mol. The molecule has 0 radical (unpaired) electrons. The summed E-state index contributed by atoms with van der Waals surface area (Å²) in [6.07, 6.45) is 1.03. The third kappa shape index (κ3) is 9.32. The van der Waals surface area contributed by atoms with Gasteiger partial charge in [0.05, 0.1) is 19.4 Å². The summed E-state index contributed by atoms with van der Waals surface area (Å²) in [7, 11) is -1.78. The van der Waals surface area contributed by atoms with Crippen molar-refractivity contribution >= 4 is 51.9 Å². The molecule has 0 saturated carbocycles. The summed E-state index contributed by atoms with van der Waals surface area (Å²) in [6, 6.07) is 59.4. The molecule has 0 amide bonds. The van der Waals surface area contributed by atoms with Crippen molar-refractivity contribution in [3.05, 3.63) is 175 Å². The predicted molar refractivity (Wildman–Crippen MR) is 210 cm³/mol. The SMILES string of the molecule is CCOc1ccc(NC(=S)Nc2ccc(OCC)cc2)cc1.c1ccc(C[P+](c2ccccc2)(c2ccccc2)c2ccccc2)cc1. The van der Waals surface area contributed by atoms with Crippen LogP contribution in [0.3, 0.4) is 0 Å². The van der Waals surface area contributed by atoms with Crippen molar-refractivity contribution in [3.8, 4) is 11.5 Å². The molecule has 4 nitrogen and oxygen atoms in total. The van der Waals surface area contributed by atoms with Crippen LogP contribution in [-0.4, -0.2) is 18.3 Å². The maximum atomic E-state index is 5.40. The standard InChI is InChI=1S/C25H22P.C17H20N2O2S/c1-5-13-22(14-6-1)21-26(23-15-7-2-8-16-23,24-17-9-3-10-18-24)25-19-11-4-12-20-25;1-3-20-15-9-5-13(6-10-15)18-17(22)19-14-7-11-16(12-8-14)21-4-2/h1-20H,21H2;5-12H,3-4H2,1-2H3,(H2,18,19,22)/q+1;. The van der Waals surface area contributed by atoms with Crippen LogP contribution in [-0.2, 0) is 6.16 Å². The van der Waals surface area contributed by atoms with Gasteiger partial charge in [-0.1, -0.05) is 84.9 Å². The maximum absolute atomic E-state index is 5.40. The Morgan fingerprint density at radius 3 is 1.15 bits per heavy atom. The van der Waals surface area contributed by atoms with Gasteiger partial charge in [0.1, 0.15) is 34.7 Å². The molecule has 0 unspecified atom stereocenters. The predicted octanol–water partition coefficient (Wildman–Crippen LogP) is 9.47. The molecule has 0 atom stereocenters. The zero-order chi connectivity index (χ0) is 33.4. The van der Waals surface area contributed by atoms with Crippen molar-refractivity contribution in [1.29, 1.82) is 0 Å². The lowest BCUT2D eigenvalue weighted by Gasteiger charge is -2.27. The van der Waals surface area contributed by atoms with Crippen molar-refractivity contribution in [2.24, 2.45) is 0 Å². The van der Waals surface area contributed by atoms with Crippen molar-refractivity contribution in [3.63, 3.8) is 0 Å². The van der Waals surface area contributed by atoms with Crippen molar-refractivity contribution in [2.75, 3.05) is 23.8 Å². The first-order valence-corrected chi connectivity index (χ1v) is 18.6. The molecule has 6 rings (SSSR count). The van der Waals surface area contributed by atoms with Crippen molar-refractivity contribution in [2.45, 2.75) is 20.0 Å². The normalized spacial score (nSPS) is 10.6. The van der Waals surface area contributed by atoms with Crippen LogP contribution in [0.25, 0.3) is 0 Å². The molecule has 0 aliphatic carbocycles. The van der Waals surface area contributed by atoms with E-state index in [4.69, 9.17) is 21.7 Å². The van der Waals surface area contributed by atoms with E-state index in [1.807, 2.05) is 62.4 Å². The minimum absolute atomic E-state index is 0.535. The lowest BCUT2D eigenvalue weighted by atomic mass is 10.2. The maximum Gasteiger partial charge on any atom is 0.175 e. The zero-order valence-corrected chi connectivity index (χ0v) is 29.2. The van der Waals surface area contributed by atoms with Crippen LogP contribution < -0.4 is 36.0 Å². The van der Waals surface area contributed by atoms with E-state index in [-0.39, 0.29) is 0 Å². The van der Waals surface area contributed by atoms with Gasteiger partial charge in [-0.2, -0.15) is 0 Å². The van der Waals surface area contributed by atoms with E-state index in [1.54, 1.807) is 0 Å². The van der Waals surface area contributed by atoms with E-state index in [9.17, 15) is 0 Å². The van der Waals surface area contributed by atoms with Crippen molar-refractivity contribution < 1.29 is 9.47 Å². The quantitative estimate of drug-likeness (QED) is 0.106. The van der Waals surface area contributed by atoms with E-state index in [1.165, 1.54) is 21.5 Å². The third-order valence-corrected chi connectivity index (χ3v) is 12.3. The fourth-order valence-electron chi connectivity index (χ4n) is 5.52. The Bertz CT molecular complexity index is 1650. The molecular formula is C42H42N2O2PS+. The number of hydrogen-bond acceptors (Lipinski definition) is 3. The second kappa shape index (κ2) is 17.8. The van der Waals surface area contributed by atoms with Gasteiger partial charge in [0.25, 0.3) is 0 Å². The van der Waals surface area contributed by atoms with Gasteiger partial charge in [0.2, 0.25) is 0 Å². The van der Waals surface area contributed by atoms with Crippen LogP contribution >= 0.6 is 19.5 Å². The second-order valence-electron chi connectivity index (χ2n) is 11.0. The summed E-state index contributed by atoms with van der Waals surface area (Å²) in [4.78, 5) is 0. The lowest BCUT2D eigenvalue weighted by molar-refractivity contribution is 0.340. The highest BCUT2D eigenvalue weighted by Crippen LogP contribution is 2.58. The minimum atomic E-state index is -1.78. The van der Waals surface area contributed by atoms with Crippen LogP contribution in [0.15, 0.2) is 170 Å². The first-order valence-electron chi connectivity index (χ1n) is 16.2. The highest BCUT2D eigenvalue weighted by Gasteiger charge is 2.45. The molecule has 0 aromatic heterocycles. The van der Waals surface area contributed by atoms with Crippen LogP contribution in [0.2, 0.25) is 0 Å². The van der Waals surface area contributed by atoms with Crippen LogP contribution in [0, 0.1) is 0 Å². The van der Waals surface area contributed by atoms with Crippen LogP contribution in [0.5, 0.6) is 11.5 Å². The van der Waals surface area contributed by atoms with E-state index >= 15 is 0 Å². The Kier molecular flexibility index (Phi) is 12.8. The molecule has 0 heterocycles. The Morgan fingerprint density at radius 1 is 0.479 bits per heavy atom. The average Bonchev–Trinajstić information content (AvgIpc) is 3.14. The molecule has 242 valence electrons. The van der Waals surface area contributed by atoms with Gasteiger partial charge >= 0.3 is 0 Å². The Hall–Kier alpha value is -4.96. The van der Waals surface area contributed by atoms with Crippen molar-refractivity contribution in [1.82, 2.24) is 0 Å². The molecule has 48 heavy (non-hydrogen) atoms. The number of rotatable bonds is 11. The topological polar surface area (TPSA) is 42.5 Å². The number of anilines is 2. The van der Waals surface area contributed by atoms with E-state index in [0.717, 1.165) is 29.0 Å². The Morgan fingerprint density at radius 2 is 0.812 bits per heavy atom.